The summed E-state index contributed by atoms with van der Waals surface area (Å²) in [5.74, 6) is -0.0535. The fourth-order valence-corrected chi connectivity index (χ4v) is 1.94. The number of aromatic hydroxyl groups is 1. The highest BCUT2D eigenvalue weighted by Gasteiger charge is 2.18. The minimum Gasteiger partial charge on any atom is -0.506 e. The number of hydrogen-bond acceptors (Lipinski definition) is 7. The third-order valence-electron chi connectivity index (χ3n) is 3.34. The van der Waals surface area contributed by atoms with Crippen LogP contribution in [0.4, 0.5) is 4.79 Å². The lowest BCUT2D eigenvalue weighted by Crippen LogP contribution is -2.37. The second-order valence-electron chi connectivity index (χ2n) is 6.63. The molecule has 0 aliphatic rings. The molecule has 0 aliphatic carbocycles. The lowest BCUT2D eigenvalue weighted by molar-refractivity contribution is -0.331. The molecule has 0 aliphatic heterocycles. The average molecular weight is 356 g/mol. The summed E-state index contributed by atoms with van der Waals surface area (Å²) >= 11 is 0. The zero-order valence-corrected chi connectivity index (χ0v) is 15.5. The van der Waals surface area contributed by atoms with Crippen molar-refractivity contribution >= 4 is 6.09 Å². The fraction of sp³-hybridized carbons (Fsp3) is 0.647. The van der Waals surface area contributed by atoms with Crippen molar-refractivity contribution in [1.29, 1.82) is 0 Å². The van der Waals surface area contributed by atoms with Gasteiger partial charge in [0.2, 0.25) is 0 Å². The Kier molecular flexibility index (Phi) is 8.08. The number of aryl methyl sites for hydroxylation is 1. The van der Waals surface area contributed by atoms with Gasteiger partial charge < -0.3 is 20.3 Å². The molecule has 1 aromatic heterocycles. The lowest BCUT2D eigenvalue weighted by Gasteiger charge is -2.21. The van der Waals surface area contributed by atoms with Gasteiger partial charge in [-0.05, 0) is 34.1 Å². The number of aliphatic hydroxyl groups is 1. The van der Waals surface area contributed by atoms with Crippen LogP contribution in [-0.4, -0.2) is 39.5 Å². The number of pyridine rings is 1. The number of carbonyl (C=O) groups excluding carboxylic acids is 1. The highest BCUT2D eigenvalue weighted by Crippen LogP contribution is 2.24. The minimum atomic E-state index is -0.565. The van der Waals surface area contributed by atoms with Gasteiger partial charge in [0.05, 0.1) is 18.8 Å². The summed E-state index contributed by atoms with van der Waals surface area (Å²) in [7, 11) is 0. The minimum absolute atomic E-state index is 0.0136. The Morgan fingerprint density at radius 3 is 2.64 bits per heavy atom. The first kappa shape index (κ1) is 21.1. The van der Waals surface area contributed by atoms with E-state index < -0.39 is 11.7 Å². The molecule has 142 valence electrons. The first-order valence-corrected chi connectivity index (χ1v) is 8.20. The number of amides is 1. The summed E-state index contributed by atoms with van der Waals surface area (Å²) < 4.78 is 5.15. The molecule has 1 heterocycles. The molecule has 0 saturated heterocycles. The number of nitrogens with one attached hydrogen (secondary N) is 1. The molecule has 0 spiro atoms. The first-order chi connectivity index (χ1) is 11.7. The van der Waals surface area contributed by atoms with Crippen LogP contribution in [0.5, 0.6) is 5.75 Å². The number of carbonyl (C=O) groups is 1. The van der Waals surface area contributed by atoms with Gasteiger partial charge in [-0.25, -0.2) is 14.6 Å². The number of hydrogen-bond donors (Lipinski definition) is 3. The van der Waals surface area contributed by atoms with Gasteiger partial charge >= 0.3 is 6.09 Å². The summed E-state index contributed by atoms with van der Waals surface area (Å²) in [6, 6.07) is 0. The lowest BCUT2D eigenvalue weighted by atomic mass is 10.1. The number of nitrogens with zero attached hydrogens (tertiary/aromatic N) is 1. The van der Waals surface area contributed by atoms with Crippen LogP contribution in [0.3, 0.4) is 0 Å². The second-order valence-corrected chi connectivity index (χ2v) is 6.63. The van der Waals surface area contributed by atoms with E-state index in [1.54, 1.807) is 27.7 Å². The molecular weight excluding hydrogens is 328 g/mol. The maximum atomic E-state index is 11.6. The summed E-state index contributed by atoms with van der Waals surface area (Å²) in [5, 5.41) is 21.9. The van der Waals surface area contributed by atoms with Gasteiger partial charge in [0.15, 0.2) is 0 Å². The van der Waals surface area contributed by atoms with Gasteiger partial charge in [-0.15, -0.1) is 0 Å². The van der Waals surface area contributed by atoms with E-state index in [1.807, 2.05) is 6.92 Å². The largest absolute Gasteiger partial charge is 0.506 e. The topological polar surface area (TPSA) is 110 Å². The molecular formula is C17H28N2O6. The van der Waals surface area contributed by atoms with E-state index in [4.69, 9.17) is 14.5 Å². The van der Waals surface area contributed by atoms with Crippen molar-refractivity contribution in [3.8, 4) is 5.75 Å². The van der Waals surface area contributed by atoms with E-state index in [0.717, 1.165) is 0 Å². The molecule has 0 radical (unpaired) electrons. The second kappa shape index (κ2) is 9.55. The third-order valence-corrected chi connectivity index (χ3v) is 3.34. The van der Waals surface area contributed by atoms with Crippen LogP contribution < -0.4 is 5.32 Å². The quantitative estimate of drug-likeness (QED) is 0.484. The summed E-state index contributed by atoms with van der Waals surface area (Å²) in [6.07, 6.45) is 1.24. The highest BCUT2D eigenvalue weighted by atomic mass is 17.2. The van der Waals surface area contributed by atoms with Gasteiger partial charge in [0, 0.05) is 17.3 Å². The van der Waals surface area contributed by atoms with Gasteiger partial charge in [-0.3, -0.25) is 4.98 Å². The van der Waals surface area contributed by atoms with Crippen molar-refractivity contribution in [2.24, 2.45) is 0 Å². The fourth-order valence-electron chi connectivity index (χ4n) is 1.94. The van der Waals surface area contributed by atoms with Crippen molar-refractivity contribution in [3.63, 3.8) is 0 Å². The van der Waals surface area contributed by atoms with Gasteiger partial charge in [0.1, 0.15) is 24.1 Å². The van der Waals surface area contributed by atoms with Crippen LogP contribution in [-0.2, 0) is 27.7 Å². The maximum absolute atomic E-state index is 11.6. The number of aromatic nitrogens is 1. The number of rotatable bonds is 8. The average Bonchev–Trinajstić information content (AvgIpc) is 2.52. The smallest absolute Gasteiger partial charge is 0.407 e. The normalized spacial score (nSPS) is 12.7. The molecule has 3 N–H and O–H groups in total. The SMILES string of the molecule is CCC(CNC(=O)OC(C)(C)C)OOCc1cnc(C)c(O)c1CO. The van der Waals surface area contributed by atoms with E-state index in [2.05, 4.69) is 10.3 Å². The standard InChI is InChI=1S/C17H28N2O6/c1-6-13(8-19-16(22)24-17(3,4)5)25-23-10-12-7-18-11(2)15(21)14(12)9-20/h7,13,20-21H,6,8-10H2,1-5H3,(H,19,22). The first-order valence-electron chi connectivity index (χ1n) is 8.20. The van der Waals surface area contributed by atoms with Crippen LogP contribution in [0.2, 0.25) is 0 Å². The Morgan fingerprint density at radius 2 is 2.08 bits per heavy atom. The third kappa shape index (κ3) is 7.25. The van der Waals surface area contributed by atoms with Crippen molar-refractivity contribution < 1.29 is 29.5 Å². The zero-order chi connectivity index (χ0) is 19.0. The monoisotopic (exact) mass is 356 g/mol. The molecule has 1 unspecified atom stereocenters. The Bertz CT molecular complexity index is 571. The van der Waals surface area contributed by atoms with Crippen LogP contribution >= 0.6 is 0 Å². The Hall–Kier alpha value is -1.90. The summed E-state index contributed by atoms with van der Waals surface area (Å²) in [6.45, 7) is 8.81. The van der Waals surface area contributed by atoms with E-state index in [1.165, 1.54) is 6.20 Å². The van der Waals surface area contributed by atoms with Crippen LogP contribution in [0.15, 0.2) is 6.20 Å². The number of aliphatic hydroxyl groups excluding tert-OH is 1. The molecule has 1 rings (SSSR count). The van der Waals surface area contributed by atoms with Crippen molar-refractivity contribution in [2.75, 3.05) is 6.54 Å². The Morgan fingerprint density at radius 1 is 1.40 bits per heavy atom. The molecule has 0 fully saturated rings. The van der Waals surface area contributed by atoms with Crippen LogP contribution in [0, 0.1) is 6.92 Å². The van der Waals surface area contributed by atoms with E-state index >= 15 is 0 Å². The molecule has 25 heavy (non-hydrogen) atoms. The molecule has 1 amide bonds. The van der Waals surface area contributed by atoms with Crippen LogP contribution in [0.25, 0.3) is 0 Å². The van der Waals surface area contributed by atoms with E-state index in [-0.39, 0.29) is 31.6 Å². The maximum Gasteiger partial charge on any atom is 0.407 e. The molecule has 0 aromatic carbocycles. The molecule has 0 bridgehead atoms. The van der Waals surface area contributed by atoms with E-state index in [9.17, 15) is 15.0 Å². The Labute approximate surface area is 148 Å². The summed E-state index contributed by atoms with van der Waals surface area (Å²) in [4.78, 5) is 26.1. The van der Waals surface area contributed by atoms with Gasteiger partial charge in [0.25, 0.3) is 0 Å². The number of alkyl carbamates (subject to hydrolysis) is 1. The molecule has 8 nitrogen and oxygen atoms in total. The zero-order valence-electron chi connectivity index (χ0n) is 15.5. The molecule has 1 atom stereocenters. The summed E-state index contributed by atoms with van der Waals surface area (Å²) in [5.41, 5.74) is 0.753. The van der Waals surface area contributed by atoms with Gasteiger partial charge in [-0.1, -0.05) is 6.92 Å². The van der Waals surface area contributed by atoms with Crippen molar-refractivity contribution in [3.05, 3.63) is 23.0 Å². The van der Waals surface area contributed by atoms with Gasteiger partial charge in [-0.2, -0.15) is 0 Å². The predicted molar refractivity (Wildman–Crippen MR) is 90.8 cm³/mol. The molecule has 8 heteroatoms. The highest BCUT2D eigenvalue weighted by molar-refractivity contribution is 5.67. The van der Waals surface area contributed by atoms with Crippen LogP contribution in [0.1, 0.15) is 50.9 Å². The molecule has 0 saturated carbocycles. The molecule has 1 aromatic rings. The van der Waals surface area contributed by atoms with E-state index in [0.29, 0.717) is 23.2 Å². The van der Waals surface area contributed by atoms with Crippen molar-refractivity contribution in [1.82, 2.24) is 10.3 Å². The van der Waals surface area contributed by atoms with Crippen molar-refractivity contribution in [2.45, 2.75) is 66.0 Å². The number of ether oxygens (including phenoxy) is 1. The Balaban J connectivity index is 2.48. The predicted octanol–water partition coefficient (Wildman–Crippen LogP) is 2.34.